The summed E-state index contributed by atoms with van der Waals surface area (Å²) in [6, 6.07) is 4.73. The summed E-state index contributed by atoms with van der Waals surface area (Å²) in [6.45, 7) is 3.21. The number of ether oxygens (including phenoxy) is 1. The van der Waals surface area contributed by atoms with Crippen LogP contribution in [0.3, 0.4) is 0 Å². The molecule has 1 rings (SSSR count). The lowest BCUT2D eigenvalue weighted by Gasteiger charge is -2.26. The van der Waals surface area contributed by atoms with Crippen LogP contribution in [-0.2, 0) is 9.53 Å². The molecule has 0 saturated carbocycles. The highest BCUT2D eigenvalue weighted by Crippen LogP contribution is 2.06. The summed E-state index contributed by atoms with van der Waals surface area (Å²) in [4.78, 5) is 14.8. The summed E-state index contributed by atoms with van der Waals surface area (Å²) in [7, 11) is 0. The highest BCUT2D eigenvalue weighted by molar-refractivity contribution is 5.96. The van der Waals surface area contributed by atoms with Gasteiger partial charge >= 0.3 is 5.97 Å². The summed E-state index contributed by atoms with van der Waals surface area (Å²) < 4.78 is 4.88. The maximum absolute atomic E-state index is 10.8. The molecule has 0 aromatic carbocycles. The van der Waals surface area contributed by atoms with Crippen molar-refractivity contribution in [3.8, 4) is 0 Å². The summed E-state index contributed by atoms with van der Waals surface area (Å²) in [5.74, 6) is 11.4. The van der Waals surface area contributed by atoms with E-state index in [0.717, 1.165) is 0 Å². The van der Waals surface area contributed by atoms with Crippen LogP contribution in [0.4, 0.5) is 5.82 Å². The second-order valence-corrected chi connectivity index (χ2v) is 3.96. The van der Waals surface area contributed by atoms with Crippen molar-refractivity contribution in [3.63, 3.8) is 0 Å². The Morgan fingerprint density at radius 2 is 2.26 bits per heavy atom. The predicted octanol–water partition coefficient (Wildman–Crippen LogP) is -0.589. The van der Waals surface area contributed by atoms with E-state index in [2.05, 4.69) is 10.1 Å². The number of rotatable bonds is 4. The molecule has 0 bridgehead atoms. The highest BCUT2D eigenvalue weighted by Gasteiger charge is 2.18. The second kappa shape index (κ2) is 6.55. The average Bonchev–Trinajstić information content (AvgIpc) is 2.36. The van der Waals surface area contributed by atoms with Gasteiger partial charge in [0, 0.05) is 6.92 Å². The van der Waals surface area contributed by atoms with Gasteiger partial charge in [0.1, 0.15) is 18.1 Å². The number of pyridine rings is 1. The van der Waals surface area contributed by atoms with Gasteiger partial charge in [-0.2, -0.15) is 5.10 Å². The number of carbonyl (C=O) groups is 1. The predicted molar refractivity (Wildman–Crippen MR) is 71.5 cm³/mol. The molecule has 0 aliphatic heterocycles. The molecule has 0 spiro atoms. The number of hydrogen-bond acceptors (Lipinski definition) is 7. The van der Waals surface area contributed by atoms with Gasteiger partial charge in [-0.05, 0) is 19.1 Å². The first-order valence-electron chi connectivity index (χ1n) is 5.63. The van der Waals surface area contributed by atoms with Crippen LogP contribution in [0.1, 0.15) is 19.5 Å². The van der Waals surface area contributed by atoms with Crippen LogP contribution >= 0.6 is 0 Å². The molecule has 1 aromatic rings. The van der Waals surface area contributed by atoms with Gasteiger partial charge in [-0.25, -0.2) is 10.8 Å². The largest absolute Gasteiger partial charge is 0.464 e. The van der Waals surface area contributed by atoms with E-state index in [1.165, 1.54) is 11.9 Å². The van der Waals surface area contributed by atoms with E-state index in [4.69, 9.17) is 22.2 Å². The SMILES string of the molecule is CC(=O)OCC(C)N(N)/C(=N\N)c1cccc(N)n1. The third kappa shape index (κ3) is 4.11. The zero-order chi connectivity index (χ0) is 14.4. The van der Waals surface area contributed by atoms with Crippen LogP contribution in [0.15, 0.2) is 23.3 Å². The Balaban J connectivity index is 2.83. The highest BCUT2D eigenvalue weighted by atomic mass is 16.5. The zero-order valence-corrected chi connectivity index (χ0v) is 10.9. The first kappa shape index (κ1) is 14.7. The second-order valence-electron chi connectivity index (χ2n) is 3.96. The lowest BCUT2D eigenvalue weighted by molar-refractivity contribution is -0.142. The minimum absolute atomic E-state index is 0.118. The molecule has 8 heteroatoms. The number of hydrazone groups is 1. The van der Waals surface area contributed by atoms with E-state index >= 15 is 0 Å². The van der Waals surface area contributed by atoms with E-state index in [0.29, 0.717) is 11.5 Å². The molecule has 1 unspecified atom stereocenters. The molecule has 6 N–H and O–H groups in total. The molecule has 19 heavy (non-hydrogen) atoms. The van der Waals surface area contributed by atoms with E-state index in [-0.39, 0.29) is 24.5 Å². The fraction of sp³-hybridized carbons (Fsp3) is 0.364. The molecule has 0 amide bonds. The minimum atomic E-state index is -0.381. The van der Waals surface area contributed by atoms with Gasteiger partial charge in [0.15, 0.2) is 5.84 Å². The minimum Gasteiger partial charge on any atom is -0.464 e. The third-order valence-electron chi connectivity index (χ3n) is 2.37. The smallest absolute Gasteiger partial charge is 0.302 e. The standard InChI is InChI=1S/C11H18N6O2/c1-7(6-19-8(2)18)17(14)11(16-13)9-4-3-5-10(12)15-9/h3-5,7H,6,13-14H2,1-2H3,(H2,12,15)/b16-11-. The number of aromatic nitrogens is 1. The van der Waals surface area contributed by atoms with Gasteiger partial charge in [0.2, 0.25) is 0 Å². The Labute approximate surface area is 111 Å². The fourth-order valence-electron chi connectivity index (χ4n) is 1.37. The first-order chi connectivity index (χ1) is 8.95. The molecule has 1 atom stereocenters. The normalized spacial score (nSPS) is 12.9. The van der Waals surface area contributed by atoms with Crippen LogP contribution < -0.4 is 17.4 Å². The van der Waals surface area contributed by atoms with Crippen molar-refractivity contribution in [3.05, 3.63) is 23.9 Å². The third-order valence-corrected chi connectivity index (χ3v) is 2.37. The average molecular weight is 266 g/mol. The molecule has 1 aromatic heterocycles. The van der Waals surface area contributed by atoms with Crippen molar-refractivity contribution in [2.45, 2.75) is 19.9 Å². The Kier molecular flexibility index (Phi) is 5.07. The lowest BCUT2D eigenvalue weighted by Crippen LogP contribution is -2.47. The van der Waals surface area contributed by atoms with Crippen molar-refractivity contribution < 1.29 is 9.53 Å². The molecular formula is C11H18N6O2. The molecule has 0 fully saturated rings. The molecule has 1 heterocycles. The van der Waals surface area contributed by atoms with Crippen LogP contribution in [-0.4, -0.2) is 34.4 Å². The van der Waals surface area contributed by atoms with E-state index in [1.54, 1.807) is 25.1 Å². The number of hydrazine groups is 1. The number of hydrogen-bond donors (Lipinski definition) is 3. The Hall–Kier alpha value is -2.35. The van der Waals surface area contributed by atoms with Gasteiger partial charge in [0.05, 0.1) is 6.04 Å². The topological polar surface area (TPSA) is 133 Å². The van der Waals surface area contributed by atoms with Crippen LogP contribution in [0.2, 0.25) is 0 Å². The monoisotopic (exact) mass is 266 g/mol. The number of amidine groups is 1. The lowest BCUT2D eigenvalue weighted by atomic mass is 10.2. The molecule has 0 aliphatic carbocycles. The van der Waals surface area contributed by atoms with Crippen LogP contribution in [0, 0.1) is 0 Å². The molecule has 0 aliphatic rings. The Morgan fingerprint density at radius 1 is 1.58 bits per heavy atom. The Bertz CT molecular complexity index is 476. The van der Waals surface area contributed by atoms with Crippen molar-refractivity contribution in [1.29, 1.82) is 0 Å². The van der Waals surface area contributed by atoms with Crippen molar-refractivity contribution in [1.82, 2.24) is 9.99 Å². The Morgan fingerprint density at radius 3 is 2.79 bits per heavy atom. The van der Waals surface area contributed by atoms with Crippen LogP contribution in [0.5, 0.6) is 0 Å². The molecule has 8 nitrogen and oxygen atoms in total. The molecule has 0 radical (unpaired) electrons. The van der Waals surface area contributed by atoms with Gasteiger partial charge in [-0.15, -0.1) is 0 Å². The molecule has 0 saturated heterocycles. The van der Waals surface area contributed by atoms with Gasteiger partial charge < -0.3 is 16.3 Å². The van der Waals surface area contributed by atoms with Gasteiger partial charge in [-0.1, -0.05) is 6.07 Å². The van der Waals surface area contributed by atoms with Crippen molar-refractivity contribution in [2.75, 3.05) is 12.3 Å². The zero-order valence-electron chi connectivity index (χ0n) is 10.9. The molecule has 104 valence electrons. The van der Waals surface area contributed by atoms with Gasteiger partial charge in [0.25, 0.3) is 0 Å². The summed E-state index contributed by atoms with van der Waals surface area (Å²) in [6.07, 6.45) is 0. The van der Waals surface area contributed by atoms with E-state index < -0.39 is 0 Å². The van der Waals surface area contributed by atoms with Crippen molar-refractivity contribution in [2.24, 2.45) is 16.8 Å². The number of nitrogen functional groups attached to an aromatic ring is 1. The van der Waals surface area contributed by atoms with E-state index in [1.807, 2.05) is 0 Å². The number of nitrogens with zero attached hydrogens (tertiary/aromatic N) is 3. The number of esters is 1. The summed E-state index contributed by atoms with van der Waals surface area (Å²) in [5, 5.41) is 4.89. The number of nitrogens with two attached hydrogens (primary N) is 3. The van der Waals surface area contributed by atoms with Gasteiger partial charge in [-0.3, -0.25) is 9.80 Å². The summed E-state index contributed by atoms with van der Waals surface area (Å²) >= 11 is 0. The maximum atomic E-state index is 10.8. The maximum Gasteiger partial charge on any atom is 0.302 e. The number of carbonyl (C=O) groups excluding carboxylic acids is 1. The number of anilines is 1. The van der Waals surface area contributed by atoms with E-state index in [9.17, 15) is 4.79 Å². The van der Waals surface area contributed by atoms with Crippen LogP contribution in [0.25, 0.3) is 0 Å². The first-order valence-corrected chi connectivity index (χ1v) is 5.63. The molecular weight excluding hydrogens is 248 g/mol. The van der Waals surface area contributed by atoms with Crippen molar-refractivity contribution >= 4 is 17.6 Å². The fourth-order valence-corrected chi connectivity index (χ4v) is 1.37. The summed E-state index contributed by atoms with van der Waals surface area (Å²) in [5.41, 5.74) is 6.03. The quantitative estimate of drug-likeness (QED) is 0.218.